The van der Waals surface area contributed by atoms with E-state index in [1.54, 1.807) is 6.92 Å². The highest BCUT2D eigenvalue weighted by Gasteiger charge is 2.37. The Morgan fingerprint density at radius 3 is 2.00 bits per heavy atom. The van der Waals surface area contributed by atoms with Crippen LogP contribution in [0.25, 0.3) is 0 Å². The molecule has 1 N–H and O–H groups in total. The minimum absolute atomic E-state index is 0.148. The first-order chi connectivity index (χ1) is 9.17. The molecule has 5 heteroatoms. The summed E-state index contributed by atoms with van der Waals surface area (Å²) in [4.78, 5) is 11.9. The number of aliphatic hydroxyl groups excluding tert-OH is 1. The van der Waals surface area contributed by atoms with E-state index in [1.807, 2.05) is 20.8 Å². The third-order valence-corrected chi connectivity index (χ3v) is 8.58. The SMILES string of the molecule is C[C@@H](C(=O)OC(C)(C)C)[C@H](O)CCO[Si](C)(C)C(C)(C)C. The van der Waals surface area contributed by atoms with Crippen LogP contribution in [0.5, 0.6) is 0 Å². The highest BCUT2D eigenvalue weighted by atomic mass is 28.4. The van der Waals surface area contributed by atoms with E-state index in [-0.39, 0.29) is 11.0 Å². The van der Waals surface area contributed by atoms with E-state index in [9.17, 15) is 9.90 Å². The van der Waals surface area contributed by atoms with E-state index in [1.165, 1.54) is 0 Å². The van der Waals surface area contributed by atoms with Gasteiger partial charge in [0.2, 0.25) is 0 Å². The average Bonchev–Trinajstić information content (AvgIpc) is 2.23. The molecule has 0 aromatic carbocycles. The van der Waals surface area contributed by atoms with E-state index in [2.05, 4.69) is 33.9 Å². The zero-order chi connectivity index (χ0) is 17.1. The summed E-state index contributed by atoms with van der Waals surface area (Å²) < 4.78 is 11.3. The minimum atomic E-state index is -1.80. The minimum Gasteiger partial charge on any atom is -0.460 e. The average molecular weight is 319 g/mol. The van der Waals surface area contributed by atoms with Gasteiger partial charge in [-0.25, -0.2) is 0 Å². The second-order valence-corrected chi connectivity index (χ2v) is 13.1. The topological polar surface area (TPSA) is 55.8 Å². The lowest BCUT2D eigenvalue weighted by Gasteiger charge is -2.36. The molecule has 126 valence electrons. The Labute approximate surface area is 131 Å². The Morgan fingerprint density at radius 2 is 1.62 bits per heavy atom. The number of ether oxygens (including phenoxy) is 1. The fourth-order valence-corrected chi connectivity index (χ4v) is 2.51. The number of hydrogen-bond donors (Lipinski definition) is 1. The first-order valence-corrected chi connectivity index (χ1v) is 10.6. The largest absolute Gasteiger partial charge is 0.460 e. The molecule has 0 fully saturated rings. The lowest BCUT2D eigenvalue weighted by molar-refractivity contribution is -0.163. The first kappa shape index (κ1) is 20.6. The lowest BCUT2D eigenvalue weighted by Crippen LogP contribution is -2.42. The predicted molar refractivity (Wildman–Crippen MR) is 88.8 cm³/mol. The molecule has 0 bridgehead atoms. The molecule has 0 amide bonds. The molecule has 0 aromatic heterocycles. The van der Waals surface area contributed by atoms with Crippen molar-refractivity contribution in [2.45, 2.75) is 84.7 Å². The van der Waals surface area contributed by atoms with Crippen LogP contribution in [0, 0.1) is 5.92 Å². The molecule has 0 unspecified atom stereocenters. The molecular weight excluding hydrogens is 284 g/mol. The van der Waals surface area contributed by atoms with Crippen LogP contribution in [-0.4, -0.2) is 37.7 Å². The van der Waals surface area contributed by atoms with Gasteiger partial charge in [-0.05, 0) is 52.2 Å². The Balaban J connectivity index is 4.33. The van der Waals surface area contributed by atoms with Crippen molar-refractivity contribution < 1.29 is 19.1 Å². The molecule has 0 aliphatic rings. The van der Waals surface area contributed by atoms with Crippen molar-refractivity contribution in [1.29, 1.82) is 0 Å². The molecular formula is C16H34O4Si. The fourth-order valence-electron chi connectivity index (χ4n) is 1.45. The quantitative estimate of drug-likeness (QED) is 0.599. The second-order valence-electron chi connectivity index (χ2n) is 8.29. The molecule has 0 rings (SSSR count). The van der Waals surface area contributed by atoms with Crippen molar-refractivity contribution in [3.63, 3.8) is 0 Å². The standard InChI is InChI=1S/C16H34O4Si/c1-12(14(18)20-15(2,3)4)13(17)10-11-19-21(8,9)16(5,6)7/h12-13,17H,10-11H2,1-9H3/t12-,13-/m1/s1. The molecule has 2 atom stereocenters. The zero-order valence-corrected chi connectivity index (χ0v) is 16.2. The molecule has 0 heterocycles. The van der Waals surface area contributed by atoms with E-state index in [0.29, 0.717) is 13.0 Å². The van der Waals surface area contributed by atoms with Crippen LogP contribution in [0.15, 0.2) is 0 Å². The maximum atomic E-state index is 11.9. The van der Waals surface area contributed by atoms with E-state index < -0.39 is 25.9 Å². The summed E-state index contributed by atoms with van der Waals surface area (Å²) in [6.45, 7) is 18.5. The van der Waals surface area contributed by atoms with Crippen LogP contribution in [0.2, 0.25) is 18.1 Å². The van der Waals surface area contributed by atoms with Gasteiger partial charge < -0.3 is 14.3 Å². The Hall–Kier alpha value is -0.393. The number of aliphatic hydroxyl groups is 1. The Kier molecular flexibility index (Phi) is 7.11. The van der Waals surface area contributed by atoms with Crippen molar-refractivity contribution in [1.82, 2.24) is 0 Å². The van der Waals surface area contributed by atoms with E-state index in [0.717, 1.165) is 0 Å². The molecule has 4 nitrogen and oxygen atoms in total. The summed E-state index contributed by atoms with van der Waals surface area (Å²) in [6, 6.07) is 0. The number of carbonyl (C=O) groups is 1. The Bertz CT molecular complexity index is 339. The van der Waals surface area contributed by atoms with Gasteiger partial charge in [0.05, 0.1) is 12.0 Å². The predicted octanol–water partition coefficient (Wildman–Crippen LogP) is 3.74. The smallest absolute Gasteiger partial charge is 0.311 e. The summed E-state index contributed by atoms with van der Waals surface area (Å²) in [5.74, 6) is -0.894. The van der Waals surface area contributed by atoms with Crippen LogP contribution in [0.1, 0.15) is 54.9 Å². The molecule has 0 aromatic rings. The van der Waals surface area contributed by atoms with Gasteiger partial charge in [-0.2, -0.15) is 0 Å². The number of esters is 1. The maximum Gasteiger partial charge on any atom is 0.311 e. The summed E-state index contributed by atoms with van der Waals surface area (Å²) >= 11 is 0. The highest BCUT2D eigenvalue weighted by molar-refractivity contribution is 6.74. The molecule has 0 saturated carbocycles. The molecule has 0 radical (unpaired) electrons. The van der Waals surface area contributed by atoms with Crippen molar-refractivity contribution >= 4 is 14.3 Å². The third kappa shape index (κ3) is 7.43. The Morgan fingerprint density at radius 1 is 1.14 bits per heavy atom. The van der Waals surface area contributed by atoms with Gasteiger partial charge in [-0.3, -0.25) is 4.79 Å². The van der Waals surface area contributed by atoms with Crippen LogP contribution in [0.3, 0.4) is 0 Å². The van der Waals surface area contributed by atoms with Crippen LogP contribution < -0.4 is 0 Å². The van der Waals surface area contributed by atoms with Gasteiger partial charge in [0, 0.05) is 6.61 Å². The number of rotatable bonds is 6. The molecule has 21 heavy (non-hydrogen) atoms. The monoisotopic (exact) mass is 318 g/mol. The fraction of sp³-hybridized carbons (Fsp3) is 0.938. The van der Waals surface area contributed by atoms with Gasteiger partial charge in [-0.1, -0.05) is 20.8 Å². The summed E-state index contributed by atoms with van der Waals surface area (Å²) in [7, 11) is -1.80. The van der Waals surface area contributed by atoms with Crippen LogP contribution >= 0.6 is 0 Å². The summed E-state index contributed by atoms with van der Waals surface area (Å²) in [6.07, 6.45) is -0.281. The first-order valence-electron chi connectivity index (χ1n) is 7.72. The summed E-state index contributed by atoms with van der Waals surface area (Å²) in [5, 5.41) is 10.3. The van der Waals surface area contributed by atoms with Crippen LogP contribution in [0.4, 0.5) is 0 Å². The van der Waals surface area contributed by atoms with Gasteiger partial charge in [0.15, 0.2) is 8.32 Å². The molecule has 0 saturated heterocycles. The number of hydrogen-bond acceptors (Lipinski definition) is 4. The molecule has 0 spiro atoms. The van der Waals surface area contributed by atoms with Gasteiger partial charge >= 0.3 is 5.97 Å². The van der Waals surface area contributed by atoms with Crippen LogP contribution in [-0.2, 0) is 14.0 Å². The lowest BCUT2D eigenvalue weighted by atomic mass is 10.0. The summed E-state index contributed by atoms with van der Waals surface area (Å²) in [5.41, 5.74) is -0.525. The normalized spacial score (nSPS) is 16.5. The highest BCUT2D eigenvalue weighted by Crippen LogP contribution is 2.36. The van der Waals surface area contributed by atoms with Gasteiger partial charge in [0.1, 0.15) is 5.60 Å². The zero-order valence-electron chi connectivity index (χ0n) is 15.2. The third-order valence-electron chi connectivity index (χ3n) is 4.04. The maximum absolute atomic E-state index is 11.9. The number of carbonyl (C=O) groups excluding carboxylic acids is 1. The second kappa shape index (κ2) is 7.25. The van der Waals surface area contributed by atoms with Crippen molar-refractivity contribution in [3.05, 3.63) is 0 Å². The van der Waals surface area contributed by atoms with E-state index in [4.69, 9.17) is 9.16 Å². The van der Waals surface area contributed by atoms with Crippen molar-refractivity contribution in [3.8, 4) is 0 Å². The van der Waals surface area contributed by atoms with Crippen molar-refractivity contribution in [2.24, 2.45) is 5.92 Å². The van der Waals surface area contributed by atoms with Crippen molar-refractivity contribution in [2.75, 3.05) is 6.61 Å². The molecule has 0 aliphatic heterocycles. The van der Waals surface area contributed by atoms with Gasteiger partial charge in [0.25, 0.3) is 0 Å². The molecule has 0 aliphatic carbocycles. The van der Waals surface area contributed by atoms with Gasteiger partial charge in [-0.15, -0.1) is 0 Å². The van der Waals surface area contributed by atoms with E-state index >= 15 is 0 Å².